The number of carbonyl (C=O) groups is 1. The van der Waals surface area contributed by atoms with Gasteiger partial charge < -0.3 is 26.2 Å². The Balaban J connectivity index is 1.26. The molecule has 1 unspecified atom stereocenters. The molecule has 0 radical (unpaired) electrons. The SMILES string of the molecule is CCC1=C(NC[C@H]2CCCN(C(=O)C3CC3)C2)NC(=C2C=NC3NC=C(Cl)C=C23)NC1. The van der Waals surface area contributed by atoms with Crippen molar-refractivity contribution in [1.82, 2.24) is 26.2 Å². The van der Waals surface area contributed by atoms with Gasteiger partial charge in [-0.25, -0.2) is 0 Å². The predicted octanol–water partition coefficient (Wildman–Crippen LogP) is 2.27. The summed E-state index contributed by atoms with van der Waals surface area (Å²) in [7, 11) is 0. The van der Waals surface area contributed by atoms with Gasteiger partial charge in [0.25, 0.3) is 0 Å². The summed E-state index contributed by atoms with van der Waals surface area (Å²) >= 11 is 6.21. The number of amides is 1. The van der Waals surface area contributed by atoms with E-state index in [9.17, 15) is 4.79 Å². The van der Waals surface area contributed by atoms with Gasteiger partial charge in [0.2, 0.25) is 5.91 Å². The van der Waals surface area contributed by atoms with Crippen LogP contribution in [0.4, 0.5) is 0 Å². The zero-order chi connectivity index (χ0) is 21.4. The number of allylic oxidation sites excluding steroid dienone is 2. The maximum atomic E-state index is 12.5. The molecule has 0 bridgehead atoms. The molecule has 0 spiro atoms. The Hall–Kier alpha value is -2.41. The molecule has 0 aromatic carbocycles. The number of aliphatic imine (C=N–C) groups is 1. The lowest BCUT2D eigenvalue weighted by Gasteiger charge is -2.34. The summed E-state index contributed by atoms with van der Waals surface area (Å²) in [6.45, 7) is 5.65. The maximum absolute atomic E-state index is 12.5. The van der Waals surface area contributed by atoms with Crippen molar-refractivity contribution in [3.05, 3.63) is 45.7 Å². The number of likely N-dealkylation sites (tertiary alicyclic amines) is 1. The van der Waals surface area contributed by atoms with Crippen LogP contribution in [0.15, 0.2) is 50.7 Å². The molecule has 2 atom stereocenters. The number of fused-ring (bicyclic) bond motifs is 1. The molecule has 8 heteroatoms. The van der Waals surface area contributed by atoms with Crippen LogP contribution < -0.4 is 21.3 Å². The molecule has 1 saturated carbocycles. The lowest BCUT2D eigenvalue weighted by atomic mass is 9.97. The van der Waals surface area contributed by atoms with E-state index in [1.807, 2.05) is 12.3 Å². The fourth-order valence-electron chi connectivity index (χ4n) is 4.74. The summed E-state index contributed by atoms with van der Waals surface area (Å²) in [6.07, 6.45) is 11.0. The second kappa shape index (κ2) is 8.61. The van der Waals surface area contributed by atoms with Crippen LogP contribution in [0.3, 0.4) is 0 Å². The van der Waals surface area contributed by atoms with Gasteiger partial charge in [0.1, 0.15) is 17.8 Å². The van der Waals surface area contributed by atoms with Gasteiger partial charge in [-0.3, -0.25) is 9.79 Å². The quantitative estimate of drug-likeness (QED) is 0.525. The van der Waals surface area contributed by atoms with Gasteiger partial charge >= 0.3 is 0 Å². The first kappa shape index (κ1) is 20.5. The zero-order valence-electron chi connectivity index (χ0n) is 18.0. The molecule has 166 valence electrons. The minimum atomic E-state index is -0.0706. The molecule has 4 aliphatic heterocycles. The number of carbonyl (C=O) groups excluding carboxylic acids is 1. The Kier molecular flexibility index (Phi) is 5.69. The van der Waals surface area contributed by atoms with Crippen LogP contribution in [0.2, 0.25) is 0 Å². The summed E-state index contributed by atoms with van der Waals surface area (Å²) in [5.41, 5.74) is 3.44. The van der Waals surface area contributed by atoms with Gasteiger partial charge in [-0.15, -0.1) is 0 Å². The molecule has 0 aromatic heterocycles. The number of hydrogen-bond donors (Lipinski definition) is 4. The van der Waals surface area contributed by atoms with Gasteiger partial charge in [0, 0.05) is 55.7 Å². The molecule has 4 heterocycles. The highest BCUT2D eigenvalue weighted by Gasteiger charge is 2.35. The minimum Gasteiger partial charge on any atom is -0.371 e. The Morgan fingerprint density at radius 3 is 3.03 bits per heavy atom. The Morgan fingerprint density at radius 2 is 2.23 bits per heavy atom. The van der Waals surface area contributed by atoms with Gasteiger partial charge in [0.05, 0.1) is 5.03 Å². The van der Waals surface area contributed by atoms with E-state index in [4.69, 9.17) is 11.6 Å². The largest absolute Gasteiger partial charge is 0.371 e. The first-order valence-electron chi connectivity index (χ1n) is 11.5. The lowest BCUT2D eigenvalue weighted by molar-refractivity contribution is -0.134. The van der Waals surface area contributed by atoms with Crippen molar-refractivity contribution in [2.45, 2.75) is 45.2 Å². The molecule has 1 amide bonds. The van der Waals surface area contributed by atoms with E-state index in [0.29, 0.717) is 22.8 Å². The average molecular weight is 443 g/mol. The first-order chi connectivity index (χ1) is 15.1. The van der Waals surface area contributed by atoms with E-state index in [-0.39, 0.29) is 6.17 Å². The standard InChI is InChI=1S/C23H31ClN6O/c1-2-15-10-26-22(19-12-28-21-18(19)8-17(24)11-27-21)29-20(15)25-9-14-4-3-7-30(13-14)23(31)16-5-6-16/h8,11-12,14,16,21,25-27,29H,2-7,9-10,13H2,1H3/t14-,21?/m1/s1. The zero-order valence-corrected chi connectivity index (χ0v) is 18.8. The second-order valence-electron chi connectivity index (χ2n) is 9.02. The van der Waals surface area contributed by atoms with Crippen molar-refractivity contribution < 1.29 is 4.79 Å². The number of piperidine rings is 1. The summed E-state index contributed by atoms with van der Waals surface area (Å²) < 4.78 is 0. The molecular formula is C23H31ClN6O. The number of halogens is 1. The smallest absolute Gasteiger partial charge is 0.225 e. The van der Waals surface area contributed by atoms with Crippen LogP contribution >= 0.6 is 11.6 Å². The van der Waals surface area contributed by atoms with Gasteiger partial charge in [0.15, 0.2) is 0 Å². The number of nitrogens with one attached hydrogen (secondary N) is 4. The molecule has 2 fully saturated rings. The normalized spacial score (nSPS) is 30.1. The lowest BCUT2D eigenvalue weighted by Crippen LogP contribution is -2.46. The fraction of sp³-hybridized carbons (Fsp3) is 0.565. The Bertz CT molecular complexity index is 913. The van der Waals surface area contributed by atoms with Crippen molar-refractivity contribution in [1.29, 1.82) is 0 Å². The molecule has 5 aliphatic rings. The minimum absolute atomic E-state index is 0.0706. The van der Waals surface area contributed by atoms with Crippen molar-refractivity contribution >= 4 is 23.7 Å². The molecule has 1 saturated heterocycles. The van der Waals surface area contributed by atoms with E-state index < -0.39 is 0 Å². The van der Waals surface area contributed by atoms with E-state index in [0.717, 1.165) is 74.7 Å². The summed E-state index contributed by atoms with van der Waals surface area (Å²) in [5, 5.41) is 14.7. The third-order valence-electron chi connectivity index (χ3n) is 6.73. The number of nitrogens with zero attached hydrogens (tertiary/aromatic N) is 2. The number of rotatable bonds is 5. The second-order valence-corrected chi connectivity index (χ2v) is 9.46. The number of dihydropyridines is 1. The highest BCUT2D eigenvalue weighted by Crippen LogP contribution is 2.32. The van der Waals surface area contributed by atoms with Gasteiger partial charge in [-0.1, -0.05) is 18.5 Å². The topological polar surface area (TPSA) is 80.8 Å². The highest BCUT2D eigenvalue weighted by molar-refractivity contribution is 6.31. The van der Waals surface area contributed by atoms with Crippen LogP contribution in [-0.4, -0.2) is 49.4 Å². The Morgan fingerprint density at radius 1 is 1.35 bits per heavy atom. The monoisotopic (exact) mass is 442 g/mol. The van der Waals surface area contributed by atoms with Crippen molar-refractivity contribution in [3.63, 3.8) is 0 Å². The highest BCUT2D eigenvalue weighted by atomic mass is 35.5. The maximum Gasteiger partial charge on any atom is 0.225 e. The molecular weight excluding hydrogens is 412 g/mol. The van der Waals surface area contributed by atoms with Crippen molar-refractivity contribution in [2.24, 2.45) is 16.8 Å². The molecule has 1 aliphatic carbocycles. The van der Waals surface area contributed by atoms with Gasteiger partial charge in [-0.2, -0.15) is 0 Å². The van der Waals surface area contributed by atoms with Crippen LogP contribution in [0.1, 0.15) is 39.0 Å². The third-order valence-corrected chi connectivity index (χ3v) is 6.95. The van der Waals surface area contributed by atoms with Crippen LogP contribution in [0.25, 0.3) is 0 Å². The van der Waals surface area contributed by atoms with E-state index in [2.05, 4.69) is 38.1 Å². The number of hydrogen-bond acceptors (Lipinski definition) is 6. The molecule has 31 heavy (non-hydrogen) atoms. The van der Waals surface area contributed by atoms with Crippen LogP contribution in [-0.2, 0) is 4.79 Å². The van der Waals surface area contributed by atoms with Crippen LogP contribution in [0, 0.1) is 11.8 Å². The molecule has 4 N–H and O–H groups in total. The average Bonchev–Trinajstić information content (AvgIpc) is 3.57. The van der Waals surface area contributed by atoms with E-state index in [1.54, 1.807) is 6.20 Å². The van der Waals surface area contributed by atoms with E-state index >= 15 is 0 Å². The van der Waals surface area contributed by atoms with Crippen LogP contribution in [0.5, 0.6) is 0 Å². The Labute approximate surface area is 188 Å². The predicted molar refractivity (Wildman–Crippen MR) is 123 cm³/mol. The first-order valence-corrected chi connectivity index (χ1v) is 11.9. The summed E-state index contributed by atoms with van der Waals surface area (Å²) in [5.74, 6) is 3.21. The van der Waals surface area contributed by atoms with Crippen molar-refractivity contribution in [3.8, 4) is 0 Å². The third kappa shape index (κ3) is 4.33. The van der Waals surface area contributed by atoms with E-state index in [1.165, 1.54) is 12.0 Å². The summed E-state index contributed by atoms with van der Waals surface area (Å²) in [6, 6.07) is 0. The fourth-order valence-corrected chi connectivity index (χ4v) is 4.92. The molecule has 5 rings (SSSR count). The molecule has 7 nitrogen and oxygen atoms in total. The summed E-state index contributed by atoms with van der Waals surface area (Å²) in [4.78, 5) is 19.1. The van der Waals surface area contributed by atoms with Gasteiger partial charge in [-0.05, 0) is 49.7 Å². The van der Waals surface area contributed by atoms with Crippen molar-refractivity contribution in [2.75, 3.05) is 26.2 Å². The molecule has 0 aromatic rings.